The number of esters is 1. The molecule has 1 heterocycles. The Bertz CT molecular complexity index is 365. The number of carbonyl (C=O) groups is 3. The summed E-state index contributed by atoms with van der Waals surface area (Å²) in [5, 5.41) is 4.94. The van der Waals surface area contributed by atoms with Crippen molar-refractivity contribution in [2.24, 2.45) is 5.92 Å². The molecule has 0 aromatic carbocycles. The zero-order chi connectivity index (χ0) is 15.7. The number of nitrogens with zero attached hydrogens (tertiary/aromatic N) is 1. The van der Waals surface area contributed by atoms with Crippen molar-refractivity contribution in [2.75, 3.05) is 33.3 Å². The number of urea groups is 1. The van der Waals surface area contributed by atoms with Gasteiger partial charge in [0.2, 0.25) is 5.91 Å². The van der Waals surface area contributed by atoms with E-state index in [1.807, 2.05) is 11.8 Å². The van der Waals surface area contributed by atoms with Crippen molar-refractivity contribution < 1.29 is 19.1 Å². The monoisotopic (exact) mass is 299 g/mol. The van der Waals surface area contributed by atoms with E-state index in [-0.39, 0.29) is 24.3 Å². The zero-order valence-corrected chi connectivity index (χ0v) is 12.8. The molecule has 0 aromatic heterocycles. The van der Waals surface area contributed by atoms with Crippen molar-refractivity contribution in [1.82, 2.24) is 15.5 Å². The minimum Gasteiger partial charge on any atom is -0.469 e. The van der Waals surface area contributed by atoms with Gasteiger partial charge in [-0.1, -0.05) is 13.3 Å². The van der Waals surface area contributed by atoms with Gasteiger partial charge in [0.1, 0.15) is 0 Å². The van der Waals surface area contributed by atoms with Gasteiger partial charge in [0, 0.05) is 6.54 Å². The molecule has 3 amide bonds. The molecule has 120 valence electrons. The molecule has 7 nitrogen and oxygen atoms in total. The lowest BCUT2D eigenvalue weighted by Crippen LogP contribution is -2.47. The Kier molecular flexibility index (Phi) is 7.74. The summed E-state index contributed by atoms with van der Waals surface area (Å²) < 4.78 is 4.72. The van der Waals surface area contributed by atoms with E-state index >= 15 is 0 Å². The Morgan fingerprint density at radius 3 is 2.48 bits per heavy atom. The molecule has 1 aliphatic heterocycles. The van der Waals surface area contributed by atoms with Crippen LogP contribution in [0.5, 0.6) is 0 Å². The molecule has 0 atom stereocenters. The summed E-state index contributed by atoms with van der Waals surface area (Å²) in [7, 11) is 1.39. The van der Waals surface area contributed by atoms with Crippen molar-refractivity contribution in [3.8, 4) is 0 Å². The lowest BCUT2D eigenvalue weighted by Gasteiger charge is -2.29. The van der Waals surface area contributed by atoms with E-state index in [2.05, 4.69) is 10.6 Å². The fraction of sp³-hybridized carbons (Fsp3) is 0.786. The lowest BCUT2D eigenvalue weighted by molar-refractivity contribution is -0.147. The number of methoxy groups -OCH3 is 1. The quantitative estimate of drug-likeness (QED) is 0.551. The van der Waals surface area contributed by atoms with E-state index in [0.717, 1.165) is 12.8 Å². The number of ether oxygens (including phenoxy) is 1. The SMILES string of the molecule is CCCCNC(=O)NC(=O)CN1CCC(C(=O)OC)CC1. The molecule has 1 aliphatic rings. The Morgan fingerprint density at radius 1 is 1.24 bits per heavy atom. The number of rotatable bonds is 6. The molecular weight excluding hydrogens is 274 g/mol. The molecule has 1 fully saturated rings. The summed E-state index contributed by atoms with van der Waals surface area (Å²) in [4.78, 5) is 36.5. The number of hydrogen-bond donors (Lipinski definition) is 2. The van der Waals surface area contributed by atoms with Gasteiger partial charge in [0.15, 0.2) is 0 Å². The maximum absolute atomic E-state index is 11.7. The molecule has 0 spiro atoms. The van der Waals surface area contributed by atoms with E-state index < -0.39 is 6.03 Å². The molecule has 0 aromatic rings. The van der Waals surface area contributed by atoms with Crippen molar-refractivity contribution >= 4 is 17.9 Å². The molecule has 0 saturated carbocycles. The number of hydrogen-bond acceptors (Lipinski definition) is 5. The van der Waals surface area contributed by atoms with E-state index in [1.54, 1.807) is 0 Å². The molecule has 0 aliphatic carbocycles. The van der Waals surface area contributed by atoms with Crippen molar-refractivity contribution in [1.29, 1.82) is 0 Å². The molecular formula is C14H25N3O4. The number of unbranched alkanes of at least 4 members (excludes halogenated alkanes) is 1. The Labute approximate surface area is 125 Å². The first-order chi connectivity index (χ1) is 10.1. The number of likely N-dealkylation sites (tertiary alicyclic amines) is 1. The van der Waals surface area contributed by atoms with Gasteiger partial charge in [-0.05, 0) is 32.4 Å². The topological polar surface area (TPSA) is 87.7 Å². The van der Waals surface area contributed by atoms with Crippen molar-refractivity contribution in [2.45, 2.75) is 32.6 Å². The summed E-state index contributed by atoms with van der Waals surface area (Å²) in [6.45, 7) is 4.09. The van der Waals surface area contributed by atoms with E-state index in [1.165, 1.54) is 7.11 Å². The van der Waals surface area contributed by atoms with Crippen molar-refractivity contribution in [3.63, 3.8) is 0 Å². The molecule has 21 heavy (non-hydrogen) atoms. The largest absolute Gasteiger partial charge is 0.469 e. The summed E-state index contributed by atoms with van der Waals surface area (Å²) in [6, 6.07) is -0.446. The van der Waals surface area contributed by atoms with Crippen LogP contribution in [0.1, 0.15) is 32.6 Å². The van der Waals surface area contributed by atoms with Crippen LogP contribution in [-0.4, -0.2) is 56.1 Å². The van der Waals surface area contributed by atoms with Crippen LogP contribution in [0.3, 0.4) is 0 Å². The van der Waals surface area contributed by atoms with Crippen LogP contribution in [0.4, 0.5) is 4.79 Å². The number of amides is 3. The van der Waals surface area contributed by atoms with Gasteiger partial charge in [-0.3, -0.25) is 19.8 Å². The fourth-order valence-corrected chi connectivity index (χ4v) is 2.29. The Morgan fingerprint density at radius 2 is 1.90 bits per heavy atom. The molecule has 7 heteroatoms. The normalized spacial score (nSPS) is 16.3. The van der Waals surface area contributed by atoms with Crippen LogP contribution in [0.2, 0.25) is 0 Å². The predicted molar refractivity (Wildman–Crippen MR) is 77.6 cm³/mol. The Balaban J connectivity index is 2.21. The first-order valence-corrected chi connectivity index (χ1v) is 7.44. The van der Waals surface area contributed by atoms with Gasteiger partial charge < -0.3 is 10.1 Å². The number of carbonyl (C=O) groups excluding carboxylic acids is 3. The smallest absolute Gasteiger partial charge is 0.321 e. The third-order valence-corrected chi connectivity index (χ3v) is 3.56. The molecule has 1 rings (SSSR count). The average molecular weight is 299 g/mol. The minimum absolute atomic E-state index is 0.0772. The highest BCUT2D eigenvalue weighted by Crippen LogP contribution is 2.17. The van der Waals surface area contributed by atoms with Crippen LogP contribution in [-0.2, 0) is 14.3 Å². The second kappa shape index (κ2) is 9.33. The highest BCUT2D eigenvalue weighted by atomic mass is 16.5. The lowest BCUT2D eigenvalue weighted by atomic mass is 9.97. The maximum atomic E-state index is 11.7. The molecule has 0 radical (unpaired) electrons. The van der Waals surface area contributed by atoms with Crippen LogP contribution < -0.4 is 10.6 Å². The molecule has 1 saturated heterocycles. The predicted octanol–water partition coefficient (Wildman–Crippen LogP) is 0.497. The molecule has 0 bridgehead atoms. The van der Waals surface area contributed by atoms with Gasteiger partial charge in [0.25, 0.3) is 0 Å². The van der Waals surface area contributed by atoms with Gasteiger partial charge in [-0.2, -0.15) is 0 Å². The van der Waals surface area contributed by atoms with Crippen LogP contribution in [0, 0.1) is 5.92 Å². The third-order valence-electron chi connectivity index (χ3n) is 3.56. The fourth-order valence-electron chi connectivity index (χ4n) is 2.29. The summed E-state index contributed by atoms with van der Waals surface area (Å²) in [6.07, 6.45) is 3.25. The standard InChI is InChI=1S/C14H25N3O4/c1-3-4-7-15-14(20)16-12(18)10-17-8-5-11(6-9-17)13(19)21-2/h11H,3-10H2,1-2H3,(H2,15,16,18,20). The van der Waals surface area contributed by atoms with E-state index in [4.69, 9.17) is 4.74 Å². The van der Waals surface area contributed by atoms with Crippen LogP contribution >= 0.6 is 0 Å². The first kappa shape index (κ1) is 17.4. The van der Waals surface area contributed by atoms with Gasteiger partial charge in [0.05, 0.1) is 19.6 Å². The highest BCUT2D eigenvalue weighted by molar-refractivity contribution is 5.95. The van der Waals surface area contributed by atoms with E-state index in [0.29, 0.717) is 32.5 Å². The average Bonchev–Trinajstić information content (AvgIpc) is 2.47. The van der Waals surface area contributed by atoms with Crippen LogP contribution in [0.25, 0.3) is 0 Å². The minimum atomic E-state index is -0.446. The first-order valence-electron chi connectivity index (χ1n) is 7.44. The molecule has 2 N–H and O–H groups in total. The molecule has 0 unspecified atom stereocenters. The van der Waals surface area contributed by atoms with Gasteiger partial charge in [-0.15, -0.1) is 0 Å². The third kappa shape index (κ3) is 6.57. The second-order valence-electron chi connectivity index (χ2n) is 5.23. The zero-order valence-electron chi connectivity index (χ0n) is 12.8. The summed E-state index contributed by atoms with van der Waals surface area (Å²) in [5.41, 5.74) is 0. The van der Waals surface area contributed by atoms with Crippen molar-refractivity contribution in [3.05, 3.63) is 0 Å². The highest BCUT2D eigenvalue weighted by Gasteiger charge is 2.26. The van der Waals surface area contributed by atoms with E-state index in [9.17, 15) is 14.4 Å². The second-order valence-corrected chi connectivity index (χ2v) is 5.23. The maximum Gasteiger partial charge on any atom is 0.321 e. The number of piperidine rings is 1. The van der Waals surface area contributed by atoms with Gasteiger partial charge in [-0.25, -0.2) is 4.79 Å². The number of imide groups is 1. The number of nitrogens with one attached hydrogen (secondary N) is 2. The summed E-state index contributed by atoms with van der Waals surface area (Å²) in [5.74, 6) is -0.582. The van der Waals surface area contributed by atoms with Crippen LogP contribution in [0.15, 0.2) is 0 Å². The summed E-state index contributed by atoms with van der Waals surface area (Å²) >= 11 is 0. The van der Waals surface area contributed by atoms with Gasteiger partial charge >= 0.3 is 12.0 Å². The Hall–Kier alpha value is -1.63.